The Bertz CT molecular complexity index is 931. The predicted molar refractivity (Wildman–Crippen MR) is 93.1 cm³/mol. The van der Waals surface area contributed by atoms with Crippen molar-refractivity contribution in [1.82, 2.24) is 4.98 Å². The third-order valence-corrected chi connectivity index (χ3v) is 4.03. The number of rotatable bonds is 2. The van der Waals surface area contributed by atoms with Gasteiger partial charge in [-0.15, -0.1) is 0 Å². The Hall–Kier alpha value is -2.68. The van der Waals surface area contributed by atoms with Crippen LogP contribution < -0.4 is 5.43 Å². The van der Waals surface area contributed by atoms with Crippen molar-refractivity contribution in [2.24, 2.45) is 0 Å². The van der Waals surface area contributed by atoms with Crippen LogP contribution in [-0.4, -0.2) is 10.8 Å². The topological polar surface area (TPSA) is 49.9 Å². The number of benzene rings is 2. The minimum absolute atomic E-state index is 0.0555. The Morgan fingerprint density at radius 2 is 1.70 bits per heavy atom. The highest BCUT2D eigenvalue weighted by molar-refractivity contribution is 6.10. The van der Waals surface area contributed by atoms with Crippen molar-refractivity contribution in [2.45, 2.75) is 26.2 Å². The van der Waals surface area contributed by atoms with E-state index in [9.17, 15) is 9.59 Å². The van der Waals surface area contributed by atoms with Crippen molar-refractivity contribution in [3.63, 3.8) is 0 Å². The smallest absolute Gasteiger partial charge is 0.200 e. The highest BCUT2D eigenvalue weighted by atomic mass is 16.1. The molecular formula is C20H19NO2. The van der Waals surface area contributed by atoms with Gasteiger partial charge < -0.3 is 4.98 Å². The van der Waals surface area contributed by atoms with Crippen molar-refractivity contribution in [3.8, 4) is 0 Å². The van der Waals surface area contributed by atoms with Gasteiger partial charge in [0.05, 0.1) is 5.56 Å². The number of carbonyl (C=O) groups is 1. The number of nitrogens with one attached hydrogen (secondary N) is 1. The van der Waals surface area contributed by atoms with E-state index in [2.05, 4.69) is 25.8 Å². The van der Waals surface area contributed by atoms with Crippen LogP contribution in [0.5, 0.6) is 0 Å². The molecule has 0 aliphatic carbocycles. The summed E-state index contributed by atoms with van der Waals surface area (Å²) in [7, 11) is 0. The summed E-state index contributed by atoms with van der Waals surface area (Å²) in [6, 6.07) is 14.7. The summed E-state index contributed by atoms with van der Waals surface area (Å²) < 4.78 is 0. The first-order chi connectivity index (χ1) is 10.9. The van der Waals surface area contributed by atoms with Crippen LogP contribution in [0, 0.1) is 0 Å². The maximum absolute atomic E-state index is 12.8. The highest BCUT2D eigenvalue weighted by Gasteiger charge is 2.18. The van der Waals surface area contributed by atoms with E-state index in [0.29, 0.717) is 10.9 Å². The van der Waals surface area contributed by atoms with E-state index in [1.165, 1.54) is 6.20 Å². The maximum Gasteiger partial charge on any atom is 0.200 e. The van der Waals surface area contributed by atoms with E-state index in [4.69, 9.17) is 0 Å². The molecule has 116 valence electrons. The largest absolute Gasteiger partial charge is 0.360 e. The molecule has 3 nitrogen and oxygen atoms in total. The Labute approximate surface area is 135 Å². The fourth-order valence-electron chi connectivity index (χ4n) is 2.60. The number of aromatic nitrogens is 1. The van der Waals surface area contributed by atoms with Crippen LogP contribution in [0.1, 0.15) is 42.3 Å². The van der Waals surface area contributed by atoms with Gasteiger partial charge in [-0.25, -0.2) is 0 Å². The summed E-state index contributed by atoms with van der Waals surface area (Å²) in [4.78, 5) is 28.4. The average molecular weight is 305 g/mol. The van der Waals surface area contributed by atoms with E-state index in [1.54, 1.807) is 24.3 Å². The van der Waals surface area contributed by atoms with Crippen LogP contribution in [0.25, 0.3) is 10.9 Å². The maximum atomic E-state index is 12.8. The lowest BCUT2D eigenvalue weighted by molar-refractivity contribution is 0.103. The van der Waals surface area contributed by atoms with Gasteiger partial charge in [0.1, 0.15) is 0 Å². The molecule has 23 heavy (non-hydrogen) atoms. The zero-order chi connectivity index (χ0) is 16.6. The van der Waals surface area contributed by atoms with Crippen molar-refractivity contribution in [1.29, 1.82) is 0 Å². The molecule has 0 amide bonds. The molecular weight excluding hydrogens is 286 g/mol. The van der Waals surface area contributed by atoms with Gasteiger partial charge in [0.25, 0.3) is 0 Å². The molecule has 0 aliphatic heterocycles. The molecule has 0 unspecified atom stereocenters. The molecule has 0 atom stereocenters. The van der Waals surface area contributed by atoms with Crippen molar-refractivity contribution >= 4 is 16.7 Å². The number of hydrogen-bond donors (Lipinski definition) is 1. The Kier molecular flexibility index (Phi) is 3.64. The average Bonchev–Trinajstić information content (AvgIpc) is 2.54. The second-order valence-corrected chi connectivity index (χ2v) is 6.74. The predicted octanol–water partition coefficient (Wildman–Crippen LogP) is 4.06. The standard InChI is InChI=1S/C20H19NO2/c1-20(2,3)14-9-10-17-15(11-14)19(23)16(12-21-17)18(22)13-7-5-4-6-8-13/h4-12H,1-3H3,(H,21,23). The first kappa shape index (κ1) is 15.2. The number of carbonyl (C=O) groups excluding carboxylic acids is 1. The molecule has 3 aromatic rings. The summed E-state index contributed by atoms with van der Waals surface area (Å²) in [5, 5.41) is 0.555. The number of aromatic amines is 1. The molecule has 2 aromatic carbocycles. The first-order valence-corrected chi connectivity index (χ1v) is 7.63. The van der Waals surface area contributed by atoms with E-state index in [0.717, 1.165) is 11.1 Å². The first-order valence-electron chi connectivity index (χ1n) is 7.63. The molecule has 0 spiro atoms. The second kappa shape index (κ2) is 5.51. The number of ketones is 1. The van der Waals surface area contributed by atoms with Gasteiger partial charge in [-0.05, 0) is 23.1 Å². The summed E-state index contributed by atoms with van der Waals surface area (Å²) >= 11 is 0. The Balaban J connectivity index is 2.19. The normalized spacial score (nSPS) is 11.6. The summed E-state index contributed by atoms with van der Waals surface area (Å²) in [5.41, 5.74) is 2.23. The van der Waals surface area contributed by atoms with Gasteiger partial charge in [0.2, 0.25) is 5.43 Å². The van der Waals surface area contributed by atoms with Crippen molar-refractivity contribution < 1.29 is 4.79 Å². The zero-order valence-corrected chi connectivity index (χ0v) is 13.5. The Morgan fingerprint density at radius 3 is 2.35 bits per heavy atom. The van der Waals surface area contributed by atoms with E-state index in [1.807, 2.05) is 24.3 Å². The molecule has 0 aliphatic rings. The second-order valence-electron chi connectivity index (χ2n) is 6.74. The van der Waals surface area contributed by atoms with Crippen LogP contribution in [0.4, 0.5) is 0 Å². The SMILES string of the molecule is CC(C)(C)c1ccc2[nH]cc(C(=O)c3ccccc3)c(=O)c2c1. The van der Waals surface area contributed by atoms with Gasteiger partial charge in [-0.3, -0.25) is 9.59 Å². The molecule has 1 heterocycles. The highest BCUT2D eigenvalue weighted by Crippen LogP contribution is 2.24. The minimum Gasteiger partial charge on any atom is -0.360 e. The summed E-state index contributed by atoms with van der Waals surface area (Å²) in [6.07, 6.45) is 1.51. The lowest BCUT2D eigenvalue weighted by atomic mass is 9.86. The molecule has 0 fully saturated rings. The summed E-state index contributed by atoms with van der Waals surface area (Å²) in [6.45, 7) is 6.30. The van der Waals surface area contributed by atoms with Crippen molar-refractivity contribution in [2.75, 3.05) is 0 Å². The monoisotopic (exact) mass is 305 g/mol. The summed E-state index contributed by atoms with van der Waals surface area (Å²) in [5.74, 6) is -0.255. The van der Waals surface area contributed by atoms with Crippen LogP contribution in [-0.2, 0) is 5.41 Å². The van der Waals surface area contributed by atoms with Gasteiger partial charge in [-0.2, -0.15) is 0 Å². The fourth-order valence-corrected chi connectivity index (χ4v) is 2.60. The van der Waals surface area contributed by atoms with E-state index >= 15 is 0 Å². The molecule has 0 radical (unpaired) electrons. The van der Waals surface area contributed by atoms with E-state index in [-0.39, 0.29) is 22.2 Å². The molecule has 3 rings (SSSR count). The van der Waals surface area contributed by atoms with Gasteiger partial charge in [0.15, 0.2) is 5.78 Å². The number of fused-ring (bicyclic) bond motifs is 1. The van der Waals surface area contributed by atoms with Crippen LogP contribution >= 0.6 is 0 Å². The number of pyridine rings is 1. The molecule has 1 N–H and O–H groups in total. The van der Waals surface area contributed by atoms with Crippen LogP contribution in [0.15, 0.2) is 59.5 Å². The molecule has 0 bridgehead atoms. The quantitative estimate of drug-likeness (QED) is 0.726. The third-order valence-electron chi connectivity index (χ3n) is 4.03. The number of hydrogen-bond acceptors (Lipinski definition) is 2. The molecule has 0 saturated carbocycles. The van der Waals surface area contributed by atoms with Crippen LogP contribution in [0.3, 0.4) is 0 Å². The molecule has 0 saturated heterocycles. The molecule has 1 aromatic heterocycles. The number of H-pyrrole nitrogens is 1. The van der Waals surface area contributed by atoms with Crippen LogP contribution in [0.2, 0.25) is 0 Å². The molecule has 3 heteroatoms. The lowest BCUT2D eigenvalue weighted by Crippen LogP contribution is -2.18. The van der Waals surface area contributed by atoms with E-state index < -0.39 is 0 Å². The fraction of sp³-hybridized carbons (Fsp3) is 0.200. The zero-order valence-electron chi connectivity index (χ0n) is 13.5. The minimum atomic E-state index is -0.255. The van der Waals surface area contributed by atoms with Gasteiger partial charge in [-0.1, -0.05) is 57.2 Å². The lowest BCUT2D eigenvalue weighted by Gasteiger charge is -2.19. The van der Waals surface area contributed by atoms with Gasteiger partial charge in [0, 0.05) is 22.7 Å². The van der Waals surface area contributed by atoms with Gasteiger partial charge >= 0.3 is 0 Å². The third kappa shape index (κ3) is 2.82. The van der Waals surface area contributed by atoms with Crippen molar-refractivity contribution in [3.05, 3.63) is 81.6 Å². The Morgan fingerprint density at radius 1 is 1.00 bits per heavy atom.